The summed E-state index contributed by atoms with van der Waals surface area (Å²) in [5.74, 6) is 0.978. The quantitative estimate of drug-likeness (QED) is 0.927. The van der Waals surface area contributed by atoms with Gasteiger partial charge in [0.1, 0.15) is 0 Å². The second-order valence-corrected chi connectivity index (χ2v) is 8.08. The van der Waals surface area contributed by atoms with Crippen molar-refractivity contribution in [1.29, 1.82) is 0 Å². The van der Waals surface area contributed by atoms with Crippen LogP contribution in [0.1, 0.15) is 42.5 Å². The molecule has 2 aromatic rings. The van der Waals surface area contributed by atoms with Gasteiger partial charge in [-0.15, -0.1) is 0 Å². The molecule has 0 radical (unpaired) electrons. The van der Waals surface area contributed by atoms with Crippen molar-refractivity contribution in [3.8, 4) is 0 Å². The van der Waals surface area contributed by atoms with E-state index in [-0.39, 0.29) is 17.4 Å². The van der Waals surface area contributed by atoms with Gasteiger partial charge in [-0.3, -0.25) is 14.6 Å². The molecule has 1 aliphatic heterocycles. The van der Waals surface area contributed by atoms with E-state index in [0.717, 1.165) is 49.7 Å². The van der Waals surface area contributed by atoms with Crippen LogP contribution in [0.25, 0.3) is 10.9 Å². The number of aromatic nitrogens is 1. The molecule has 3 fully saturated rings. The predicted molar refractivity (Wildman–Crippen MR) is 98.6 cm³/mol. The van der Waals surface area contributed by atoms with Gasteiger partial charge in [-0.25, -0.2) is 0 Å². The molecule has 2 unspecified atom stereocenters. The summed E-state index contributed by atoms with van der Waals surface area (Å²) in [6.07, 6.45) is 6.89. The number of hydrogen-bond donors (Lipinski definition) is 1. The van der Waals surface area contributed by atoms with Gasteiger partial charge in [0.15, 0.2) is 0 Å². The van der Waals surface area contributed by atoms with Crippen molar-refractivity contribution in [3.05, 3.63) is 42.1 Å². The minimum atomic E-state index is -0.105. The molecule has 2 heterocycles. The summed E-state index contributed by atoms with van der Waals surface area (Å²) >= 11 is 0. The van der Waals surface area contributed by atoms with Gasteiger partial charge >= 0.3 is 0 Å². The Morgan fingerprint density at radius 2 is 2.12 bits per heavy atom. The van der Waals surface area contributed by atoms with Crippen molar-refractivity contribution in [2.45, 2.75) is 37.6 Å². The van der Waals surface area contributed by atoms with E-state index in [9.17, 15) is 9.59 Å². The third kappa shape index (κ3) is 2.57. The van der Waals surface area contributed by atoms with E-state index in [1.54, 1.807) is 6.20 Å². The lowest BCUT2D eigenvalue weighted by molar-refractivity contribution is -0.139. The number of amides is 2. The third-order valence-electron chi connectivity index (χ3n) is 6.50. The van der Waals surface area contributed by atoms with Gasteiger partial charge in [0.05, 0.1) is 5.52 Å². The van der Waals surface area contributed by atoms with Gasteiger partial charge in [-0.1, -0.05) is 18.6 Å². The zero-order valence-corrected chi connectivity index (χ0v) is 14.8. The molecule has 3 aliphatic rings. The smallest absolute Gasteiger partial charge is 0.251 e. The Balaban J connectivity index is 1.25. The van der Waals surface area contributed by atoms with Crippen molar-refractivity contribution in [2.75, 3.05) is 13.1 Å². The van der Waals surface area contributed by atoms with Crippen LogP contribution in [0.4, 0.5) is 0 Å². The first-order valence-corrected chi connectivity index (χ1v) is 9.61. The van der Waals surface area contributed by atoms with Crippen LogP contribution in [0.15, 0.2) is 36.5 Å². The number of piperidine rings is 1. The highest BCUT2D eigenvalue weighted by atomic mass is 16.2. The van der Waals surface area contributed by atoms with E-state index in [1.807, 2.05) is 35.2 Å². The number of benzene rings is 1. The molecule has 0 spiro atoms. The zero-order chi connectivity index (χ0) is 17.7. The van der Waals surface area contributed by atoms with Crippen LogP contribution >= 0.6 is 0 Å². The second-order valence-electron chi connectivity index (χ2n) is 8.08. The molecule has 0 bridgehead atoms. The van der Waals surface area contributed by atoms with Gasteiger partial charge in [0.2, 0.25) is 5.91 Å². The molecule has 1 saturated heterocycles. The minimum absolute atomic E-state index is 0.0289. The van der Waals surface area contributed by atoms with Crippen molar-refractivity contribution in [2.24, 2.45) is 11.8 Å². The van der Waals surface area contributed by atoms with Crippen LogP contribution in [0.5, 0.6) is 0 Å². The predicted octanol–water partition coefficient (Wildman–Crippen LogP) is 2.76. The number of nitrogens with one attached hydrogen (secondary N) is 1. The maximum Gasteiger partial charge on any atom is 0.251 e. The van der Waals surface area contributed by atoms with Gasteiger partial charge in [0, 0.05) is 47.6 Å². The number of rotatable bonds is 3. The van der Waals surface area contributed by atoms with E-state index >= 15 is 0 Å². The molecule has 5 heteroatoms. The molecule has 2 atom stereocenters. The van der Waals surface area contributed by atoms with Crippen molar-refractivity contribution in [3.63, 3.8) is 0 Å². The standard InChI is InChI=1S/C21H23N3O2/c25-19(16-7-6-14-5-2-9-22-18(14)11-16)23-21-8-10-24(13-17(21)12-21)20(26)15-3-1-4-15/h2,5-7,9,11,15,17H,1,3-4,8,10,12-13H2,(H,23,25). The summed E-state index contributed by atoms with van der Waals surface area (Å²) < 4.78 is 0. The Labute approximate surface area is 152 Å². The normalized spacial score (nSPS) is 27.5. The molecule has 1 aromatic heterocycles. The number of carbonyl (C=O) groups is 2. The Kier molecular flexibility index (Phi) is 3.52. The largest absolute Gasteiger partial charge is 0.346 e. The maximum atomic E-state index is 12.7. The van der Waals surface area contributed by atoms with Gasteiger partial charge in [-0.05, 0) is 43.9 Å². The highest BCUT2D eigenvalue weighted by molar-refractivity contribution is 5.98. The zero-order valence-electron chi connectivity index (χ0n) is 14.8. The van der Waals surface area contributed by atoms with E-state index in [0.29, 0.717) is 17.4 Å². The SMILES string of the molecule is O=C(NC12CCN(C(=O)C3CCC3)CC1C2)c1ccc2cccnc2c1. The summed E-state index contributed by atoms with van der Waals surface area (Å²) in [7, 11) is 0. The summed E-state index contributed by atoms with van der Waals surface area (Å²) in [4.78, 5) is 31.6. The lowest BCUT2D eigenvalue weighted by Gasteiger charge is -2.36. The second kappa shape index (κ2) is 5.79. The van der Waals surface area contributed by atoms with Gasteiger partial charge in [0.25, 0.3) is 5.91 Å². The van der Waals surface area contributed by atoms with E-state index < -0.39 is 0 Å². The van der Waals surface area contributed by atoms with Gasteiger partial charge < -0.3 is 10.2 Å². The van der Waals surface area contributed by atoms with Crippen molar-refractivity contribution >= 4 is 22.7 Å². The highest BCUT2D eigenvalue weighted by Crippen LogP contribution is 2.50. The van der Waals surface area contributed by atoms with Crippen LogP contribution in [0, 0.1) is 11.8 Å². The number of carbonyl (C=O) groups excluding carboxylic acids is 2. The average molecular weight is 349 g/mol. The van der Waals surface area contributed by atoms with E-state index in [1.165, 1.54) is 6.42 Å². The fourth-order valence-electron chi connectivity index (χ4n) is 4.45. The molecule has 1 N–H and O–H groups in total. The number of nitrogens with zero attached hydrogens (tertiary/aromatic N) is 2. The van der Waals surface area contributed by atoms with Crippen LogP contribution in [0.3, 0.4) is 0 Å². The Morgan fingerprint density at radius 3 is 2.88 bits per heavy atom. The summed E-state index contributed by atoms with van der Waals surface area (Å²) in [6.45, 7) is 1.57. The Bertz CT molecular complexity index is 892. The number of likely N-dealkylation sites (tertiary alicyclic amines) is 1. The monoisotopic (exact) mass is 349 g/mol. The number of pyridine rings is 1. The first kappa shape index (κ1) is 15.8. The lowest BCUT2D eigenvalue weighted by Crippen LogP contribution is -2.50. The summed E-state index contributed by atoms with van der Waals surface area (Å²) in [5.41, 5.74) is 1.39. The molecular weight excluding hydrogens is 326 g/mol. The molecule has 5 rings (SSSR count). The molecule has 2 amide bonds. The topological polar surface area (TPSA) is 62.3 Å². The lowest BCUT2D eigenvalue weighted by atomic mass is 9.84. The van der Waals surface area contributed by atoms with Crippen molar-refractivity contribution in [1.82, 2.24) is 15.2 Å². The third-order valence-corrected chi connectivity index (χ3v) is 6.50. The molecule has 26 heavy (non-hydrogen) atoms. The van der Waals surface area contributed by atoms with E-state index in [2.05, 4.69) is 10.3 Å². The van der Waals surface area contributed by atoms with E-state index in [4.69, 9.17) is 0 Å². The minimum Gasteiger partial charge on any atom is -0.346 e. The van der Waals surface area contributed by atoms with Crippen LogP contribution < -0.4 is 5.32 Å². The molecule has 2 saturated carbocycles. The molecule has 134 valence electrons. The first-order chi connectivity index (χ1) is 12.6. The molecular formula is C21H23N3O2. The average Bonchev–Trinajstić information content (AvgIpc) is 3.32. The Morgan fingerprint density at radius 1 is 1.23 bits per heavy atom. The molecule has 5 nitrogen and oxygen atoms in total. The first-order valence-electron chi connectivity index (χ1n) is 9.61. The molecule has 1 aromatic carbocycles. The van der Waals surface area contributed by atoms with Crippen LogP contribution in [-0.4, -0.2) is 40.3 Å². The summed E-state index contributed by atoms with van der Waals surface area (Å²) in [5, 5.41) is 4.30. The Hall–Kier alpha value is -2.43. The number of fused-ring (bicyclic) bond motifs is 2. The fraction of sp³-hybridized carbons (Fsp3) is 0.476. The van der Waals surface area contributed by atoms with Gasteiger partial charge in [-0.2, -0.15) is 0 Å². The number of hydrogen-bond acceptors (Lipinski definition) is 3. The van der Waals surface area contributed by atoms with Crippen LogP contribution in [0.2, 0.25) is 0 Å². The molecule has 2 aliphatic carbocycles. The van der Waals surface area contributed by atoms with Crippen molar-refractivity contribution < 1.29 is 9.59 Å². The maximum absolute atomic E-state index is 12.7. The highest BCUT2D eigenvalue weighted by Gasteiger charge is 2.58. The fourth-order valence-corrected chi connectivity index (χ4v) is 4.45. The van der Waals surface area contributed by atoms with Crippen LogP contribution in [-0.2, 0) is 4.79 Å². The summed E-state index contributed by atoms with van der Waals surface area (Å²) in [6, 6.07) is 9.55.